The molecule has 0 saturated heterocycles. The predicted octanol–water partition coefficient (Wildman–Crippen LogP) is 1.77. The number of hydrogen-bond donors (Lipinski definition) is 2. The van der Waals surface area contributed by atoms with Gasteiger partial charge in [-0.15, -0.1) is 0 Å². The van der Waals surface area contributed by atoms with Gasteiger partial charge in [-0.2, -0.15) is 0 Å². The summed E-state index contributed by atoms with van der Waals surface area (Å²) >= 11 is 0. The summed E-state index contributed by atoms with van der Waals surface area (Å²) in [5.74, 6) is -0.910. The van der Waals surface area contributed by atoms with E-state index in [1.165, 1.54) is 0 Å². The van der Waals surface area contributed by atoms with E-state index in [1.54, 1.807) is 25.3 Å². The SMILES string of the molecule is COCCOCCNc1ccc(C(=O)O)cc1C. The largest absolute Gasteiger partial charge is 0.478 e. The summed E-state index contributed by atoms with van der Waals surface area (Å²) in [5, 5.41) is 12.0. The highest BCUT2D eigenvalue weighted by Crippen LogP contribution is 2.16. The van der Waals surface area contributed by atoms with Crippen LogP contribution in [0.2, 0.25) is 0 Å². The molecule has 0 fully saturated rings. The van der Waals surface area contributed by atoms with Crippen LogP contribution in [0, 0.1) is 6.92 Å². The third-order valence-electron chi connectivity index (χ3n) is 2.47. The zero-order chi connectivity index (χ0) is 13.4. The Morgan fingerprint density at radius 1 is 1.33 bits per heavy atom. The Labute approximate surface area is 107 Å². The van der Waals surface area contributed by atoms with Gasteiger partial charge in [0.25, 0.3) is 0 Å². The molecular weight excluding hydrogens is 234 g/mol. The van der Waals surface area contributed by atoms with Gasteiger partial charge in [-0.05, 0) is 30.7 Å². The normalized spacial score (nSPS) is 10.3. The molecular formula is C13H19NO4. The third-order valence-corrected chi connectivity index (χ3v) is 2.47. The first-order valence-electron chi connectivity index (χ1n) is 5.79. The van der Waals surface area contributed by atoms with Gasteiger partial charge in [-0.1, -0.05) is 0 Å². The molecule has 0 aliphatic carbocycles. The van der Waals surface area contributed by atoms with Crippen molar-refractivity contribution in [1.29, 1.82) is 0 Å². The van der Waals surface area contributed by atoms with Crippen molar-refractivity contribution in [1.82, 2.24) is 0 Å². The number of hydrogen-bond acceptors (Lipinski definition) is 4. The Morgan fingerprint density at radius 2 is 2.11 bits per heavy atom. The second kappa shape index (κ2) is 7.68. The van der Waals surface area contributed by atoms with Gasteiger partial charge in [-0.3, -0.25) is 0 Å². The summed E-state index contributed by atoms with van der Waals surface area (Å²) in [6.45, 7) is 4.31. The number of rotatable bonds is 8. The first kappa shape index (κ1) is 14.5. The molecule has 1 rings (SSSR count). The quantitative estimate of drug-likeness (QED) is 0.691. The van der Waals surface area contributed by atoms with E-state index in [9.17, 15) is 4.79 Å². The lowest BCUT2D eigenvalue weighted by Crippen LogP contribution is -2.12. The second-order valence-corrected chi connectivity index (χ2v) is 3.87. The van der Waals surface area contributed by atoms with Crippen LogP contribution in [0.5, 0.6) is 0 Å². The summed E-state index contributed by atoms with van der Waals surface area (Å²) in [4.78, 5) is 10.8. The minimum absolute atomic E-state index is 0.300. The fourth-order valence-electron chi connectivity index (χ4n) is 1.50. The molecule has 0 amide bonds. The molecule has 5 nitrogen and oxygen atoms in total. The van der Waals surface area contributed by atoms with E-state index in [0.29, 0.717) is 31.9 Å². The van der Waals surface area contributed by atoms with E-state index in [4.69, 9.17) is 14.6 Å². The van der Waals surface area contributed by atoms with Crippen LogP contribution in [-0.4, -0.2) is 44.6 Å². The van der Waals surface area contributed by atoms with Crippen LogP contribution in [0.25, 0.3) is 0 Å². The number of carboxylic acid groups (broad SMARTS) is 1. The number of aromatic carboxylic acids is 1. The molecule has 0 aliphatic heterocycles. The van der Waals surface area contributed by atoms with Crippen molar-refractivity contribution in [2.45, 2.75) is 6.92 Å². The number of carbonyl (C=O) groups is 1. The molecule has 0 unspecified atom stereocenters. The van der Waals surface area contributed by atoms with E-state index < -0.39 is 5.97 Å². The van der Waals surface area contributed by atoms with E-state index in [1.807, 2.05) is 6.92 Å². The Bertz CT molecular complexity index is 393. The standard InChI is InChI=1S/C13H19NO4/c1-10-9-11(13(15)16)3-4-12(10)14-5-6-18-8-7-17-2/h3-4,9,14H,5-8H2,1-2H3,(H,15,16). The maximum atomic E-state index is 10.8. The van der Waals surface area contributed by atoms with Crippen molar-refractivity contribution in [2.24, 2.45) is 0 Å². The van der Waals surface area contributed by atoms with Crippen LogP contribution in [-0.2, 0) is 9.47 Å². The van der Waals surface area contributed by atoms with Crippen molar-refractivity contribution < 1.29 is 19.4 Å². The molecule has 0 saturated carbocycles. The summed E-state index contributed by atoms with van der Waals surface area (Å²) in [6, 6.07) is 5.01. The van der Waals surface area contributed by atoms with Crippen LogP contribution < -0.4 is 5.32 Å². The fourth-order valence-corrected chi connectivity index (χ4v) is 1.50. The number of benzene rings is 1. The molecule has 0 radical (unpaired) electrons. The van der Waals surface area contributed by atoms with Crippen LogP contribution in [0.4, 0.5) is 5.69 Å². The summed E-state index contributed by atoms with van der Waals surface area (Å²) in [7, 11) is 1.63. The fraction of sp³-hybridized carbons (Fsp3) is 0.462. The van der Waals surface area contributed by atoms with Gasteiger partial charge >= 0.3 is 5.97 Å². The van der Waals surface area contributed by atoms with Gasteiger partial charge in [0, 0.05) is 19.3 Å². The Kier molecular flexibility index (Phi) is 6.18. The predicted molar refractivity (Wildman–Crippen MR) is 69.3 cm³/mol. The number of anilines is 1. The van der Waals surface area contributed by atoms with Gasteiger partial charge < -0.3 is 19.9 Å². The van der Waals surface area contributed by atoms with Gasteiger partial charge in [0.1, 0.15) is 0 Å². The van der Waals surface area contributed by atoms with Crippen LogP contribution >= 0.6 is 0 Å². The van der Waals surface area contributed by atoms with E-state index >= 15 is 0 Å². The molecule has 0 bridgehead atoms. The monoisotopic (exact) mass is 253 g/mol. The minimum atomic E-state index is -0.910. The average molecular weight is 253 g/mol. The lowest BCUT2D eigenvalue weighted by Gasteiger charge is -2.10. The highest BCUT2D eigenvalue weighted by atomic mass is 16.5. The lowest BCUT2D eigenvalue weighted by atomic mass is 10.1. The van der Waals surface area contributed by atoms with Gasteiger partial charge in [0.05, 0.1) is 25.4 Å². The summed E-state index contributed by atoms with van der Waals surface area (Å²) in [6.07, 6.45) is 0. The van der Waals surface area contributed by atoms with Crippen molar-refractivity contribution in [3.63, 3.8) is 0 Å². The average Bonchev–Trinajstić information content (AvgIpc) is 2.35. The van der Waals surface area contributed by atoms with E-state index in [2.05, 4.69) is 5.32 Å². The highest BCUT2D eigenvalue weighted by Gasteiger charge is 2.04. The van der Waals surface area contributed by atoms with Crippen molar-refractivity contribution in [3.05, 3.63) is 29.3 Å². The molecule has 2 N–H and O–H groups in total. The second-order valence-electron chi connectivity index (χ2n) is 3.87. The molecule has 0 spiro atoms. The topological polar surface area (TPSA) is 67.8 Å². The molecule has 0 aliphatic rings. The lowest BCUT2D eigenvalue weighted by molar-refractivity contribution is 0.0697. The number of methoxy groups -OCH3 is 1. The zero-order valence-electron chi connectivity index (χ0n) is 10.7. The third kappa shape index (κ3) is 4.73. The number of nitrogens with one attached hydrogen (secondary N) is 1. The first-order chi connectivity index (χ1) is 8.65. The highest BCUT2D eigenvalue weighted by molar-refractivity contribution is 5.88. The van der Waals surface area contributed by atoms with Crippen LogP contribution in [0.3, 0.4) is 0 Å². The molecule has 18 heavy (non-hydrogen) atoms. The summed E-state index contributed by atoms with van der Waals surface area (Å²) in [5.41, 5.74) is 2.14. The number of carboxylic acids is 1. The zero-order valence-corrected chi connectivity index (χ0v) is 10.7. The van der Waals surface area contributed by atoms with Crippen LogP contribution in [0.15, 0.2) is 18.2 Å². The first-order valence-corrected chi connectivity index (χ1v) is 5.79. The Balaban J connectivity index is 2.36. The van der Waals surface area contributed by atoms with Crippen LogP contribution in [0.1, 0.15) is 15.9 Å². The molecule has 1 aromatic rings. The molecule has 1 aromatic carbocycles. The number of ether oxygens (including phenoxy) is 2. The minimum Gasteiger partial charge on any atom is -0.478 e. The molecule has 5 heteroatoms. The van der Waals surface area contributed by atoms with Crippen molar-refractivity contribution in [2.75, 3.05) is 38.8 Å². The smallest absolute Gasteiger partial charge is 0.335 e. The van der Waals surface area contributed by atoms with Gasteiger partial charge in [-0.25, -0.2) is 4.79 Å². The van der Waals surface area contributed by atoms with Gasteiger partial charge in [0.2, 0.25) is 0 Å². The summed E-state index contributed by atoms with van der Waals surface area (Å²) < 4.78 is 10.2. The van der Waals surface area contributed by atoms with E-state index in [0.717, 1.165) is 11.3 Å². The Morgan fingerprint density at radius 3 is 2.72 bits per heavy atom. The molecule has 0 heterocycles. The van der Waals surface area contributed by atoms with Gasteiger partial charge in [0.15, 0.2) is 0 Å². The maximum Gasteiger partial charge on any atom is 0.335 e. The molecule has 0 atom stereocenters. The van der Waals surface area contributed by atoms with Crippen molar-refractivity contribution in [3.8, 4) is 0 Å². The maximum absolute atomic E-state index is 10.8. The van der Waals surface area contributed by atoms with Crippen molar-refractivity contribution >= 4 is 11.7 Å². The Hall–Kier alpha value is -1.59. The molecule has 100 valence electrons. The molecule has 0 aromatic heterocycles. The number of aryl methyl sites for hydroxylation is 1. The van der Waals surface area contributed by atoms with E-state index in [-0.39, 0.29) is 0 Å².